The summed E-state index contributed by atoms with van der Waals surface area (Å²) in [5, 5.41) is 3.21. The number of benzene rings is 1. The molecule has 0 spiro atoms. The van der Waals surface area contributed by atoms with E-state index in [1.807, 2.05) is 4.90 Å². The molecular formula is C19H30N2O. The van der Waals surface area contributed by atoms with Crippen molar-refractivity contribution in [2.75, 3.05) is 18.4 Å². The summed E-state index contributed by atoms with van der Waals surface area (Å²) in [4.78, 5) is 14.6. The third-order valence-corrected chi connectivity index (χ3v) is 4.68. The van der Waals surface area contributed by atoms with Crippen molar-refractivity contribution < 1.29 is 4.79 Å². The van der Waals surface area contributed by atoms with Crippen molar-refractivity contribution in [2.24, 2.45) is 5.92 Å². The zero-order valence-electron chi connectivity index (χ0n) is 14.6. The van der Waals surface area contributed by atoms with Crippen LogP contribution in [0.4, 0.5) is 10.5 Å². The number of urea groups is 1. The number of piperidine rings is 1. The van der Waals surface area contributed by atoms with Gasteiger partial charge < -0.3 is 10.2 Å². The fourth-order valence-corrected chi connectivity index (χ4v) is 3.09. The number of amides is 2. The summed E-state index contributed by atoms with van der Waals surface area (Å²) >= 11 is 0. The SMILES string of the molecule is CC1CCN(C(=O)Nc2c(C(C)C)cccc2C(C)C)CC1. The predicted molar refractivity (Wildman–Crippen MR) is 93.6 cm³/mol. The molecule has 0 aliphatic carbocycles. The zero-order valence-corrected chi connectivity index (χ0v) is 14.6. The van der Waals surface area contributed by atoms with E-state index >= 15 is 0 Å². The Morgan fingerprint density at radius 1 is 1.09 bits per heavy atom. The van der Waals surface area contributed by atoms with Crippen molar-refractivity contribution in [1.82, 2.24) is 4.90 Å². The van der Waals surface area contributed by atoms with Crippen LogP contribution < -0.4 is 5.32 Å². The lowest BCUT2D eigenvalue weighted by Gasteiger charge is -2.31. The average Bonchev–Trinajstić information content (AvgIpc) is 2.47. The Hall–Kier alpha value is -1.51. The van der Waals surface area contributed by atoms with Gasteiger partial charge in [-0.2, -0.15) is 0 Å². The van der Waals surface area contributed by atoms with Gasteiger partial charge in [0.2, 0.25) is 0 Å². The fourth-order valence-electron chi connectivity index (χ4n) is 3.09. The molecule has 0 aromatic heterocycles. The highest BCUT2D eigenvalue weighted by atomic mass is 16.2. The van der Waals surface area contributed by atoms with Crippen molar-refractivity contribution in [2.45, 2.75) is 59.3 Å². The van der Waals surface area contributed by atoms with Gasteiger partial charge in [0.15, 0.2) is 0 Å². The van der Waals surface area contributed by atoms with E-state index in [1.165, 1.54) is 11.1 Å². The van der Waals surface area contributed by atoms with Crippen LogP contribution in [-0.2, 0) is 0 Å². The topological polar surface area (TPSA) is 32.3 Å². The molecular weight excluding hydrogens is 272 g/mol. The van der Waals surface area contributed by atoms with Crippen molar-refractivity contribution in [3.8, 4) is 0 Å². The van der Waals surface area contributed by atoms with E-state index in [-0.39, 0.29) is 6.03 Å². The standard InChI is InChI=1S/C19H30N2O/c1-13(2)16-7-6-8-17(14(3)4)18(16)20-19(22)21-11-9-15(5)10-12-21/h6-8,13-15H,9-12H2,1-5H3,(H,20,22). The van der Waals surface area contributed by atoms with Gasteiger partial charge in [-0.1, -0.05) is 52.8 Å². The summed E-state index contributed by atoms with van der Waals surface area (Å²) in [5.74, 6) is 1.53. The number of anilines is 1. The molecule has 1 saturated heterocycles. The molecule has 2 rings (SSSR count). The highest BCUT2D eigenvalue weighted by molar-refractivity contribution is 5.91. The van der Waals surface area contributed by atoms with Gasteiger partial charge in [0.25, 0.3) is 0 Å². The van der Waals surface area contributed by atoms with Crippen LogP contribution in [0.1, 0.15) is 70.4 Å². The van der Waals surface area contributed by atoms with Gasteiger partial charge >= 0.3 is 6.03 Å². The highest BCUT2D eigenvalue weighted by Gasteiger charge is 2.22. The molecule has 0 unspecified atom stereocenters. The van der Waals surface area contributed by atoms with E-state index in [2.05, 4.69) is 58.1 Å². The molecule has 0 saturated carbocycles. The summed E-state index contributed by atoms with van der Waals surface area (Å²) in [6.45, 7) is 12.7. The molecule has 3 heteroatoms. The summed E-state index contributed by atoms with van der Waals surface area (Å²) in [6, 6.07) is 6.42. The van der Waals surface area contributed by atoms with Gasteiger partial charge in [0.1, 0.15) is 0 Å². The van der Waals surface area contributed by atoms with Gasteiger partial charge in [-0.05, 0) is 41.7 Å². The van der Waals surface area contributed by atoms with E-state index < -0.39 is 0 Å². The first-order chi connectivity index (χ1) is 10.4. The van der Waals surface area contributed by atoms with Gasteiger partial charge in [0, 0.05) is 18.8 Å². The Morgan fingerprint density at radius 2 is 1.59 bits per heavy atom. The average molecular weight is 302 g/mol. The minimum atomic E-state index is 0.0573. The maximum absolute atomic E-state index is 12.6. The van der Waals surface area contributed by atoms with Crippen molar-refractivity contribution >= 4 is 11.7 Å². The molecule has 1 heterocycles. The van der Waals surface area contributed by atoms with Crippen LogP contribution in [-0.4, -0.2) is 24.0 Å². The van der Waals surface area contributed by atoms with Crippen LogP contribution in [0.2, 0.25) is 0 Å². The highest BCUT2D eigenvalue weighted by Crippen LogP contribution is 2.32. The lowest BCUT2D eigenvalue weighted by Crippen LogP contribution is -2.40. The summed E-state index contributed by atoms with van der Waals surface area (Å²) in [6.07, 6.45) is 2.21. The first kappa shape index (κ1) is 16.9. The number of hydrogen-bond donors (Lipinski definition) is 1. The molecule has 122 valence electrons. The lowest BCUT2D eigenvalue weighted by atomic mass is 9.92. The molecule has 1 aliphatic heterocycles. The molecule has 2 amide bonds. The predicted octanol–water partition coefficient (Wildman–Crippen LogP) is 5.20. The third kappa shape index (κ3) is 3.82. The van der Waals surface area contributed by atoms with E-state index in [0.29, 0.717) is 11.8 Å². The molecule has 1 fully saturated rings. The first-order valence-corrected chi connectivity index (χ1v) is 8.58. The van der Waals surface area contributed by atoms with Crippen LogP contribution >= 0.6 is 0 Å². The van der Waals surface area contributed by atoms with Crippen LogP contribution in [0.15, 0.2) is 18.2 Å². The number of nitrogens with one attached hydrogen (secondary N) is 1. The second kappa shape index (κ2) is 7.17. The second-order valence-corrected chi connectivity index (χ2v) is 7.22. The zero-order chi connectivity index (χ0) is 16.3. The van der Waals surface area contributed by atoms with Crippen molar-refractivity contribution in [3.63, 3.8) is 0 Å². The first-order valence-electron chi connectivity index (χ1n) is 8.58. The van der Waals surface area contributed by atoms with E-state index in [1.54, 1.807) is 0 Å². The second-order valence-electron chi connectivity index (χ2n) is 7.22. The summed E-state index contributed by atoms with van der Waals surface area (Å²) < 4.78 is 0. The summed E-state index contributed by atoms with van der Waals surface area (Å²) in [5.41, 5.74) is 3.48. The number of para-hydroxylation sites is 1. The maximum Gasteiger partial charge on any atom is 0.321 e. The molecule has 1 aromatic carbocycles. The Balaban J connectivity index is 2.22. The smallest absolute Gasteiger partial charge is 0.321 e. The molecule has 1 aliphatic rings. The van der Waals surface area contributed by atoms with E-state index in [9.17, 15) is 4.79 Å². The Morgan fingerprint density at radius 3 is 2.05 bits per heavy atom. The molecule has 22 heavy (non-hydrogen) atoms. The van der Waals surface area contributed by atoms with Crippen LogP contribution in [0.3, 0.4) is 0 Å². The van der Waals surface area contributed by atoms with Gasteiger partial charge in [-0.3, -0.25) is 0 Å². The van der Waals surface area contributed by atoms with Crippen LogP contribution in [0.25, 0.3) is 0 Å². The van der Waals surface area contributed by atoms with Crippen LogP contribution in [0, 0.1) is 5.92 Å². The fraction of sp³-hybridized carbons (Fsp3) is 0.632. The number of hydrogen-bond acceptors (Lipinski definition) is 1. The van der Waals surface area contributed by atoms with E-state index in [4.69, 9.17) is 0 Å². The largest absolute Gasteiger partial charge is 0.325 e. The minimum absolute atomic E-state index is 0.0573. The third-order valence-electron chi connectivity index (χ3n) is 4.68. The molecule has 0 atom stereocenters. The molecule has 0 radical (unpaired) electrons. The number of rotatable bonds is 3. The van der Waals surface area contributed by atoms with Gasteiger partial charge in [0.05, 0.1) is 0 Å². The quantitative estimate of drug-likeness (QED) is 0.818. The molecule has 1 aromatic rings. The Kier molecular flexibility index (Phi) is 5.49. The minimum Gasteiger partial charge on any atom is -0.325 e. The molecule has 3 nitrogen and oxygen atoms in total. The number of carbonyl (C=O) groups is 1. The van der Waals surface area contributed by atoms with Gasteiger partial charge in [-0.15, -0.1) is 0 Å². The molecule has 0 bridgehead atoms. The lowest BCUT2D eigenvalue weighted by molar-refractivity contribution is 0.186. The van der Waals surface area contributed by atoms with E-state index in [0.717, 1.165) is 37.5 Å². The Labute approximate surface area is 135 Å². The number of carbonyl (C=O) groups excluding carboxylic acids is 1. The van der Waals surface area contributed by atoms with Gasteiger partial charge in [-0.25, -0.2) is 4.79 Å². The van der Waals surface area contributed by atoms with Crippen molar-refractivity contribution in [1.29, 1.82) is 0 Å². The van der Waals surface area contributed by atoms with Crippen molar-refractivity contribution in [3.05, 3.63) is 29.3 Å². The summed E-state index contributed by atoms with van der Waals surface area (Å²) in [7, 11) is 0. The monoisotopic (exact) mass is 302 g/mol. The normalized spacial score (nSPS) is 16.4. The maximum atomic E-state index is 12.6. The Bertz CT molecular complexity index is 488. The number of nitrogens with zero attached hydrogens (tertiary/aromatic N) is 1. The molecule has 1 N–H and O–H groups in total. The number of likely N-dealkylation sites (tertiary alicyclic amines) is 1. The van der Waals surface area contributed by atoms with Crippen LogP contribution in [0.5, 0.6) is 0 Å².